The Balaban J connectivity index is 1.80. The van der Waals surface area contributed by atoms with Crippen LogP contribution in [0.1, 0.15) is 34.7 Å². The van der Waals surface area contributed by atoms with Crippen LogP contribution >= 0.6 is 0 Å². The smallest absolute Gasteiger partial charge is 0.416 e. The molecule has 228 valence electrons. The Kier molecular flexibility index (Phi) is 11.2. The van der Waals surface area contributed by atoms with Gasteiger partial charge in [0, 0.05) is 17.2 Å². The van der Waals surface area contributed by atoms with Gasteiger partial charge in [-0.15, -0.1) is 0 Å². The van der Waals surface area contributed by atoms with Crippen LogP contribution in [0.5, 0.6) is 5.75 Å². The molecule has 0 aliphatic rings. The van der Waals surface area contributed by atoms with Crippen LogP contribution in [-0.2, 0) is 43.3 Å². The van der Waals surface area contributed by atoms with Gasteiger partial charge in [-0.3, -0.25) is 0 Å². The van der Waals surface area contributed by atoms with Crippen LogP contribution in [0.2, 0.25) is 0 Å². The molecule has 13 heteroatoms. The molecule has 0 saturated heterocycles. The molecule has 0 saturated carbocycles. The number of carbonyl (C=O) groups is 1. The van der Waals surface area contributed by atoms with Gasteiger partial charge in [-0.05, 0) is 36.2 Å². The minimum Gasteiger partial charge on any atom is -0.503 e. The molecular formula is C30H27F5N2O6. The van der Waals surface area contributed by atoms with Crippen LogP contribution < -0.4 is 4.74 Å². The van der Waals surface area contributed by atoms with Crippen LogP contribution in [0.15, 0.2) is 77.2 Å². The second kappa shape index (κ2) is 14.8. The molecule has 0 N–H and O–H groups in total. The summed E-state index contributed by atoms with van der Waals surface area (Å²) in [6.07, 6.45) is -3.33. The van der Waals surface area contributed by atoms with Gasteiger partial charge >= 0.3 is 12.1 Å². The van der Waals surface area contributed by atoms with E-state index in [0.717, 1.165) is 24.3 Å². The molecule has 0 aliphatic heterocycles. The Morgan fingerprint density at radius 2 is 1.63 bits per heavy atom. The van der Waals surface area contributed by atoms with Crippen molar-refractivity contribution in [1.29, 1.82) is 0 Å². The van der Waals surface area contributed by atoms with Gasteiger partial charge in [0.1, 0.15) is 43.1 Å². The zero-order chi connectivity index (χ0) is 31.6. The van der Waals surface area contributed by atoms with E-state index in [0.29, 0.717) is 11.1 Å². The summed E-state index contributed by atoms with van der Waals surface area (Å²) < 4.78 is 84.0. The van der Waals surface area contributed by atoms with Crippen molar-refractivity contribution in [3.63, 3.8) is 0 Å². The number of carbonyl (C=O) groups excluding carboxylic acids is 1. The fourth-order valence-electron chi connectivity index (χ4n) is 3.82. The van der Waals surface area contributed by atoms with E-state index in [1.807, 2.05) is 0 Å². The van der Waals surface area contributed by atoms with Crippen molar-refractivity contribution in [2.75, 3.05) is 21.3 Å². The third-order valence-corrected chi connectivity index (χ3v) is 5.82. The third-order valence-electron chi connectivity index (χ3n) is 5.82. The Bertz CT molecular complexity index is 1540. The molecule has 3 aromatic rings. The maximum atomic E-state index is 15.1. The minimum absolute atomic E-state index is 0.0101. The molecule has 3 aromatic carbocycles. The van der Waals surface area contributed by atoms with E-state index < -0.39 is 41.7 Å². The average molecular weight is 607 g/mol. The largest absolute Gasteiger partial charge is 0.503 e. The van der Waals surface area contributed by atoms with Crippen molar-refractivity contribution in [3.05, 3.63) is 106 Å². The molecule has 0 atom stereocenters. The monoisotopic (exact) mass is 606 g/mol. The van der Waals surface area contributed by atoms with Crippen molar-refractivity contribution in [3.8, 4) is 5.75 Å². The molecule has 0 bridgehead atoms. The number of alkyl halides is 3. The van der Waals surface area contributed by atoms with Crippen LogP contribution in [0.25, 0.3) is 5.57 Å². The summed E-state index contributed by atoms with van der Waals surface area (Å²) in [4.78, 5) is 22.5. The quantitative estimate of drug-likeness (QED) is 0.0572. The molecule has 0 fully saturated rings. The number of rotatable bonds is 12. The van der Waals surface area contributed by atoms with E-state index in [9.17, 15) is 22.4 Å². The summed E-state index contributed by atoms with van der Waals surface area (Å²) in [5.74, 6) is -3.13. The lowest BCUT2D eigenvalue weighted by molar-refractivity contribution is -0.137. The van der Waals surface area contributed by atoms with E-state index in [1.165, 1.54) is 46.6 Å². The summed E-state index contributed by atoms with van der Waals surface area (Å²) in [5, 5.41) is 7.70. The second-order valence-corrected chi connectivity index (χ2v) is 8.74. The molecule has 0 aromatic heterocycles. The van der Waals surface area contributed by atoms with Crippen LogP contribution in [0, 0.1) is 11.6 Å². The summed E-state index contributed by atoms with van der Waals surface area (Å²) in [5.41, 5.74) is -0.181. The van der Waals surface area contributed by atoms with E-state index >= 15 is 4.39 Å². The van der Waals surface area contributed by atoms with Gasteiger partial charge in [0.15, 0.2) is 11.6 Å². The molecule has 0 unspecified atom stereocenters. The highest BCUT2D eigenvalue weighted by atomic mass is 19.4. The molecule has 0 aliphatic carbocycles. The van der Waals surface area contributed by atoms with E-state index in [2.05, 4.69) is 10.3 Å². The van der Waals surface area contributed by atoms with Gasteiger partial charge in [0.05, 0.1) is 26.0 Å². The van der Waals surface area contributed by atoms with E-state index in [-0.39, 0.29) is 34.7 Å². The predicted molar refractivity (Wildman–Crippen MR) is 147 cm³/mol. The summed E-state index contributed by atoms with van der Waals surface area (Å²) in [7, 11) is 3.80. The number of nitrogens with zero attached hydrogens (tertiary/aromatic N) is 2. The van der Waals surface area contributed by atoms with Crippen molar-refractivity contribution >= 4 is 23.0 Å². The Labute approximate surface area is 243 Å². The topological polar surface area (TPSA) is 87.9 Å². The Morgan fingerprint density at radius 1 is 0.884 bits per heavy atom. The number of methoxy groups -OCH3 is 2. The molecule has 3 rings (SSSR count). The first-order valence-corrected chi connectivity index (χ1v) is 12.5. The standard InChI is InChI=1S/C30H27F5N2O6/c1-18(36-43-16-20-9-5-6-11-22(20)24(17-39-2)29(38)40-3)28(37-41-4)23-13-26(32)27(14-25(23)31)42-15-19-8-7-10-21(12-19)30(33,34)35/h5-14,17H,15-16H2,1-4H3/b24-17+,36-18+,37-28+. The zero-order valence-electron chi connectivity index (χ0n) is 23.5. The third kappa shape index (κ3) is 8.53. The van der Waals surface area contributed by atoms with Crippen molar-refractivity contribution in [1.82, 2.24) is 0 Å². The number of esters is 1. The number of oxime groups is 2. The van der Waals surface area contributed by atoms with Gasteiger partial charge in [0.2, 0.25) is 0 Å². The fraction of sp³-hybridized carbons (Fsp3) is 0.233. The minimum atomic E-state index is -4.56. The first kappa shape index (κ1) is 32.6. The van der Waals surface area contributed by atoms with Gasteiger partial charge < -0.3 is 23.9 Å². The lowest BCUT2D eigenvalue weighted by atomic mass is 10.0. The van der Waals surface area contributed by atoms with Crippen molar-refractivity contribution in [2.45, 2.75) is 26.3 Å². The highest BCUT2D eigenvalue weighted by Gasteiger charge is 2.30. The second-order valence-electron chi connectivity index (χ2n) is 8.74. The number of hydrogen-bond acceptors (Lipinski definition) is 8. The highest BCUT2D eigenvalue weighted by molar-refractivity contribution is 6.47. The van der Waals surface area contributed by atoms with Crippen LogP contribution in [0.4, 0.5) is 22.0 Å². The predicted octanol–water partition coefficient (Wildman–Crippen LogP) is 6.67. The molecular weight excluding hydrogens is 579 g/mol. The number of ether oxygens (including phenoxy) is 3. The maximum Gasteiger partial charge on any atom is 0.416 e. The summed E-state index contributed by atoms with van der Waals surface area (Å²) in [6.45, 7) is 0.848. The lowest BCUT2D eigenvalue weighted by Crippen LogP contribution is -2.16. The van der Waals surface area contributed by atoms with Gasteiger partial charge in [-0.2, -0.15) is 13.2 Å². The first-order chi connectivity index (χ1) is 20.5. The summed E-state index contributed by atoms with van der Waals surface area (Å²) in [6, 6.07) is 12.6. The zero-order valence-corrected chi connectivity index (χ0v) is 23.5. The van der Waals surface area contributed by atoms with Crippen molar-refractivity contribution in [2.24, 2.45) is 10.3 Å². The first-order valence-electron chi connectivity index (χ1n) is 12.5. The maximum absolute atomic E-state index is 15.1. The molecule has 43 heavy (non-hydrogen) atoms. The van der Waals surface area contributed by atoms with Gasteiger partial charge in [-0.1, -0.05) is 46.7 Å². The van der Waals surface area contributed by atoms with Crippen LogP contribution in [-0.4, -0.2) is 38.7 Å². The van der Waals surface area contributed by atoms with Crippen LogP contribution in [0.3, 0.4) is 0 Å². The molecule has 0 amide bonds. The average Bonchev–Trinajstić information content (AvgIpc) is 2.98. The molecule has 0 spiro atoms. The highest BCUT2D eigenvalue weighted by Crippen LogP contribution is 2.30. The van der Waals surface area contributed by atoms with E-state index in [1.54, 1.807) is 24.3 Å². The number of hydrogen-bond donors (Lipinski definition) is 0. The SMILES string of the molecule is CO/C=C(/C(=O)OC)c1ccccc1CO/N=C(C)/C(=N\OC)c1cc(F)c(OCc2cccc(C(F)(F)F)c2)cc1F. The molecule has 0 radical (unpaired) electrons. The fourth-order valence-corrected chi connectivity index (χ4v) is 3.82. The normalized spacial score (nSPS) is 12.5. The van der Waals surface area contributed by atoms with Gasteiger partial charge in [-0.25, -0.2) is 13.6 Å². The van der Waals surface area contributed by atoms with Crippen molar-refractivity contribution < 1.29 is 50.6 Å². The Hall–Kier alpha value is -4.94. The van der Waals surface area contributed by atoms with E-state index in [4.69, 9.17) is 23.9 Å². The Morgan fingerprint density at radius 3 is 2.30 bits per heavy atom. The van der Waals surface area contributed by atoms with Gasteiger partial charge in [0.25, 0.3) is 0 Å². The summed E-state index contributed by atoms with van der Waals surface area (Å²) >= 11 is 0. The molecule has 0 heterocycles. The molecule has 8 nitrogen and oxygen atoms in total. The number of halogens is 5. The lowest BCUT2D eigenvalue weighted by Gasteiger charge is -2.13. The number of benzene rings is 3.